The van der Waals surface area contributed by atoms with Gasteiger partial charge in [-0.3, -0.25) is 10.0 Å². The number of aliphatic hydroxyl groups excluding tert-OH is 1. The highest BCUT2D eigenvalue weighted by atomic mass is 16.5. The van der Waals surface area contributed by atoms with Crippen LogP contribution in [0, 0.1) is 5.92 Å². The minimum Gasteiger partial charge on any atom is -0.388 e. The monoisotopic (exact) mass is 315 g/mol. The van der Waals surface area contributed by atoms with Gasteiger partial charge in [0.15, 0.2) is 0 Å². The number of carbonyl (C=O) groups excluding carboxylic acids is 1. The molecule has 0 radical (unpaired) electrons. The summed E-state index contributed by atoms with van der Waals surface area (Å²) in [5.74, 6) is -0.950. The molecule has 3 N–H and O–H groups in total. The Kier molecular flexibility index (Phi) is 8.02. The quantitative estimate of drug-likeness (QED) is 0.578. The summed E-state index contributed by atoms with van der Waals surface area (Å²) in [6.45, 7) is 5.66. The SMILES string of the molecule is CC.CC(CC(O)c1ccc(-c2ccccc2)cc1)C(=O)NO. The predicted molar refractivity (Wildman–Crippen MR) is 91.9 cm³/mol. The number of amides is 1. The van der Waals surface area contributed by atoms with Gasteiger partial charge < -0.3 is 5.11 Å². The fraction of sp³-hybridized carbons (Fsp3) is 0.316. The van der Waals surface area contributed by atoms with Gasteiger partial charge in [-0.1, -0.05) is 75.4 Å². The highest BCUT2D eigenvalue weighted by molar-refractivity contribution is 5.77. The Hall–Kier alpha value is -2.17. The van der Waals surface area contributed by atoms with Crippen LogP contribution in [0.25, 0.3) is 11.1 Å². The average molecular weight is 315 g/mol. The molecule has 23 heavy (non-hydrogen) atoms. The third kappa shape index (κ3) is 5.51. The third-order valence-corrected chi connectivity index (χ3v) is 3.54. The molecule has 1 amide bonds. The van der Waals surface area contributed by atoms with E-state index >= 15 is 0 Å². The minimum absolute atomic E-state index is 0.261. The largest absolute Gasteiger partial charge is 0.388 e. The molecule has 0 aliphatic carbocycles. The number of nitrogens with one attached hydrogen (secondary N) is 1. The molecule has 0 aliphatic heterocycles. The van der Waals surface area contributed by atoms with Crippen molar-refractivity contribution >= 4 is 5.91 Å². The Morgan fingerprint density at radius 2 is 1.52 bits per heavy atom. The second kappa shape index (κ2) is 9.77. The molecule has 124 valence electrons. The lowest BCUT2D eigenvalue weighted by molar-refractivity contribution is -0.133. The lowest BCUT2D eigenvalue weighted by Crippen LogP contribution is -2.27. The highest BCUT2D eigenvalue weighted by Gasteiger charge is 2.18. The Balaban J connectivity index is 0.00000127. The molecule has 0 heterocycles. The lowest BCUT2D eigenvalue weighted by Gasteiger charge is -2.15. The third-order valence-electron chi connectivity index (χ3n) is 3.54. The number of aliphatic hydroxyl groups is 1. The fourth-order valence-electron chi connectivity index (χ4n) is 2.22. The number of hydrogen-bond acceptors (Lipinski definition) is 3. The molecule has 0 bridgehead atoms. The predicted octanol–water partition coefficient (Wildman–Crippen LogP) is 3.94. The van der Waals surface area contributed by atoms with Crippen molar-refractivity contribution in [2.45, 2.75) is 33.3 Å². The van der Waals surface area contributed by atoms with Gasteiger partial charge in [-0.05, 0) is 23.1 Å². The van der Waals surface area contributed by atoms with E-state index in [0.29, 0.717) is 0 Å². The molecule has 2 aromatic carbocycles. The molecule has 2 unspecified atom stereocenters. The molecular formula is C19H25NO3. The van der Waals surface area contributed by atoms with Crippen LogP contribution in [0.15, 0.2) is 54.6 Å². The molecule has 2 rings (SSSR count). The number of rotatable bonds is 5. The first-order valence-electron chi connectivity index (χ1n) is 7.89. The number of hydroxylamine groups is 1. The second-order valence-corrected chi connectivity index (χ2v) is 5.12. The Bertz CT molecular complexity index is 581. The molecule has 0 spiro atoms. The van der Waals surface area contributed by atoms with E-state index in [1.54, 1.807) is 12.4 Å². The summed E-state index contributed by atoms with van der Waals surface area (Å²) in [4.78, 5) is 11.2. The molecule has 0 aliphatic rings. The summed E-state index contributed by atoms with van der Waals surface area (Å²) >= 11 is 0. The van der Waals surface area contributed by atoms with Crippen LogP contribution in [0.5, 0.6) is 0 Å². The Morgan fingerprint density at radius 1 is 1.00 bits per heavy atom. The van der Waals surface area contributed by atoms with Crippen molar-refractivity contribution in [2.75, 3.05) is 0 Å². The van der Waals surface area contributed by atoms with E-state index in [0.717, 1.165) is 16.7 Å². The van der Waals surface area contributed by atoms with Crippen molar-refractivity contribution in [3.8, 4) is 11.1 Å². The highest BCUT2D eigenvalue weighted by Crippen LogP contribution is 2.25. The average Bonchev–Trinajstić information content (AvgIpc) is 2.63. The fourth-order valence-corrected chi connectivity index (χ4v) is 2.22. The van der Waals surface area contributed by atoms with Crippen LogP contribution in [-0.4, -0.2) is 16.2 Å². The van der Waals surface area contributed by atoms with Gasteiger partial charge in [0, 0.05) is 5.92 Å². The Morgan fingerprint density at radius 3 is 2.04 bits per heavy atom. The van der Waals surface area contributed by atoms with Crippen molar-refractivity contribution in [3.63, 3.8) is 0 Å². The van der Waals surface area contributed by atoms with Crippen LogP contribution in [0.2, 0.25) is 0 Å². The summed E-state index contributed by atoms with van der Waals surface area (Å²) in [6.07, 6.45) is -0.473. The van der Waals surface area contributed by atoms with Gasteiger partial charge in [-0.2, -0.15) is 0 Å². The van der Waals surface area contributed by atoms with E-state index in [1.165, 1.54) is 0 Å². The van der Waals surface area contributed by atoms with Gasteiger partial charge in [0.25, 0.3) is 0 Å². The molecular weight excluding hydrogens is 290 g/mol. The second-order valence-electron chi connectivity index (χ2n) is 5.12. The van der Waals surface area contributed by atoms with Crippen LogP contribution < -0.4 is 5.48 Å². The van der Waals surface area contributed by atoms with Crippen LogP contribution in [0.4, 0.5) is 0 Å². The number of hydrogen-bond donors (Lipinski definition) is 3. The first-order valence-corrected chi connectivity index (χ1v) is 7.89. The summed E-state index contributed by atoms with van der Waals surface area (Å²) in [7, 11) is 0. The molecule has 2 atom stereocenters. The van der Waals surface area contributed by atoms with Gasteiger partial charge in [0.05, 0.1) is 6.10 Å². The van der Waals surface area contributed by atoms with Crippen LogP contribution in [0.3, 0.4) is 0 Å². The van der Waals surface area contributed by atoms with E-state index in [2.05, 4.69) is 0 Å². The van der Waals surface area contributed by atoms with E-state index in [1.807, 2.05) is 68.4 Å². The van der Waals surface area contributed by atoms with E-state index in [4.69, 9.17) is 5.21 Å². The topological polar surface area (TPSA) is 69.6 Å². The maximum absolute atomic E-state index is 11.2. The van der Waals surface area contributed by atoms with Gasteiger partial charge in [0.1, 0.15) is 0 Å². The summed E-state index contributed by atoms with van der Waals surface area (Å²) in [6, 6.07) is 17.6. The van der Waals surface area contributed by atoms with Crippen molar-refractivity contribution < 1.29 is 15.1 Å². The first kappa shape index (κ1) is 18.9. The molecule has 0 saturated heterocycles. The van der Waals surface area contributed by atoms with Crippen LogP contribution in [0.1, 0.15) is 38.9 Å². The molecule has 4 heteroatoms. The van der Waals surface area contributed by atoms with Gasteiger partial charge in [-0.15, -0.1) is 0 Å². The molecule has 4 nitrogen and oxygen atoms in total. The van der Waals surface area contributed by atoms with Crippen molar-refractivity contribution in [1.29, 1.82) is 0 Å². The van der Waals surface area contributed by atoms with Crippen LogP contribution >= 0.6 is 0 Å². The summed E-state index contributed by atoms with van der Waals surface area (Å²) in [5, 5.41) is 18.7. The van der Waals surface area contributed by atoms with E-state index in [9.17, 15) is 9.90 Å². The zero-order chi connectivity index (χ0) is 17.2. The van der Waals surface area contributed by atoms with Gasteiger partial charge in [0.2, 0.25) is 5.91 Å². The summed E-state index contributed by atoms with van der Waals surface area (Å²) in [5.41, 5.74) is 4.55. The molecule has 0 saturated carbocycles. The lowest BCUT2D eigenvalue weighted by atomic mass is 9.96. The van der Waals surface area contributed by atoms with Gasteiger partial charge in [-0.25, -0.2) is 5.48 Å². The normalized spacial score (nSPS) is 12.6. The van der Waals surface area contributed by atoms with Crippen molar-refractivity contribution in [2.24, 2.45) is 5.92 Å². The van der Waals surface area contributed by atoms with E-state index < -0.39 is 17.9 Å². The van der Waals surface area contributed by atoms with Crippen LogP contribution in [-0.2, 0) is 4.79 Å². The van der Waals surface area contributed by atoms with E-state index in [-0.39, 0.29) is 6.42 Å². The minimum atomic E-state index is -0.734. The standard InChI is InChI=1S/C17H19NO3.C2H6/c1-12(17(20)18-21)11-16(19)15-9-7-14(8-10-15)13-5-3-2-4-6-13;1-2/h2-10,12,16,19,21H,11H2,1H3,(H,18,20);1-2H3. The van der Waals surface area contributed by atoms with Crippen molar-refractivity contribution in [1.82, 2.24) is 5.48 Å². The number of benzene rings is 2. The summed E-state index contributed by atoms with van der Waals surface area (Å²) < 4.78 is 0. The molecule has 0 aromatic heterocycles. The first-order chi connectivity index (χ1) is 11.1. The van der Waals surface area contributed by atoms with Crippen molar-refractivity contribution in [3.05, 3.63) is 60.2 Å². The zero-order valence-corrected chi connectivity index (χ0v) is 13.9. The smallest absolute Gasteiger partial charge is 0.246 e. The maximum Gasteiger partial charge on any atom is 0.246 e. The Labute approximate surface area is 137 Å². The van der Waals surface area contributed by atoms with Gasteiger partial charge >= 0.3 is 0 Å². The zero-order valence-electron chi connectivity index (χ0n) is 13.9. The molecule has 2 aromatic rings. The molecule has 0 fully saturated rings. The maximum atomic E-state index is 11.2. The number of carbonyl (C=O) groups is 1.